The maximum atomic E-state index is 12.5. The topological polar surface area (TPSA) is 109 Å². The number of carboxylic acid groups (broad SMARTS) is 1. The lowest BCUT2D eigenvalue weighted by molar-refractivity contribution is -0.308. The third-order valence-corrected chi connectivity index (χ3v) is 5.42. The second-order valence-corrected chi connectivity index (χ2v) is 7.77. The number of carboxylic acids is 1. The molecule has 7 nitrogen and oxygen atoms in total. The zero-order valence-corrected chi connectivity index (χ0v) is 18.2. The molecule has 1 atom stereocenters. The number of fused-ring (bicyclic) bond motifs is 1. The summed E-state index contributed by atoms with van der Waals surface area (Å²) in [5.41, 5.74) is 0.836. The van der Waals surface area contributed by atoms with Crippen LogP contribution in [0.25, 0.3) is 11.0 Å². The average Bonchev–Trinajstić information content (AvgIpc) is 2.72. The van der Waals surface area contributed by atoms with Crippen molar-refractivity contribution < 1.29 is 23.8 Å². The van der Waals surface area contributed by atoms with Gasteiger partial charge in [0.25, 0.3) is 0 Å². The number of benzene rings is 2. The number of carbonyl (C=O) groups excluding carboxylic acids is 2. The number of halogens is 2. The molecule has 0 spiro atoms. The van der Waals surface area contributed by atoms with E-state index in [-0.39, 0.29) is 24.0 Å². The molecule has 3 aromatic rings. The van der Waals surface area contributed by atoms with Gasteiger partial charge in [0.2, 0.25) is 5.91 Å². The highest BCUT2D eigenvalue weighted by molar-refractivity contribution is 6.32. The summed E-state index contributed by atoms with van der Waals surface area (Å²) in [7, 11) is 1.44. The molecule has 0 aliphatic rings. The summed E-state index contributed by atoms with van der Waals surface area (Å²) >= 11 is 12.0. The first-order valence-electron chi connectivity index (χ1n) is 9.24. The molecular weight excluding hydrogens is 445 g/mol. The SMILES string of the molecule is COc1cc2oc(=O)c(CC(=O)N[C@@H](Cc3ccc(Cl)cc3)C(=O)[O-])c(C)c2cc1Cl. The Hall–Kier alpha value is -3.03. The maximum absolute atomic E-state index is 12.5. The molecule has 31 heavy (non-hydrogen) atoms. The third kappa shape index (κ3) is 5.18. The highest BCUT2D eigenvalue weighted by atomic mass is 35.5. The summed E-state index contributed by atoms with van der Waals surface area (Å²) < 4.78 is 10.4. The zero-order valence-electron chi connectivity index (χ0n) is 16.7. The van der Waals surface area contributed by atoms with Gasteiger partial charge >= 0.3 is 5.63 Å². The summed E-state index contributed by atoms with van der Waals surface area (Å²) in [4.78, 5) is 36.5. The first kappa shape index (κ1) is 22.7. The second kappa shape index (κ2) is 9.41. The molecule has 1 N–H and O–H groups in total. The minimum Gasteiger partial charge on any atom is -0.548 e. The summed E-state index contributed by atoms with van der Waals surface area (Å²) in [5.74, 6) is -1.75. The average molecular weight is 463 g/mol. The zero-order chi connectivity index (χ0) is 22.7. The molecule has 9 heteroatoms. The lowest BCUT2D eigenvalue weighted by Crippen LogP contribution is -2.49. The number of nitrogens with one attached hydrogen (secondary N) is 1. The molecular formula is C22H18Cl2NO6-. The standard InChI is InChI=1S/C22H19Cl2NO6/c1-11-14-8-16(24)19(30-2)10-18(14)31-22(29)15(11)9-20(26)25-17(21(27)28)7-12-3-5-13(23)6-4-12/h3-6,8,10,17H,7,9H2,1-2H3,(H,25,26)(H,27,28)/p-1/t17-/m0/s1. The quantitative estimate of drug-likeness (QED) is 0.540. The molecule has 0 saturated carbocycles. The molecule has 1 heterocycles. The van der Waals surface area contributed by atoms with Crippen molar-refractivity contribution in [2.75, 3.05) is 7.11 Å². The molecule has 0 bridgehead atoms. The van der Waals surface area contributed by atoms with E-state index in [1.807, 2.05) is 0 Å². The van der Waals surface area contributed by atoms with E-state index in [1.54, 1.807) is 37.3 Å². The van der Waals surface area contributed by atoms with Gasteiger partial charge in [0.1, 0.15) is 11.3 Å². The van der Waals surface area contributed by atoms with Gasteiger partial charge in [-0.3, -0.25) is 4.79 Å². The Kier molecular flexibility index (Phi) is 6.87. The lowest BCUT2D eigenvalue weighted by Gasteiger charge is -2.20. The Bertz CT molecular complexity index is 1200. The molecule has 1 amide bonds. The Labute approximate surface area is 187 Å². The van der Waals surface area contributed by atoms with Crippen molar-refractivity contribution in [3.05, 3.63) is 73.6 Å². The third-order valence-electron chi connectivity index (χ3n) is 4.87. The molecule has 0 aliphatic heterocycles. The van der Waals surface area contributed by atoms with Gasteiger partial charge in [0.05, 0.1) is 36.1 Å². The smallest absolute Gasteiger partial charge is 0.340 e. The van der Waals surface area contributed by atoms with Crippen LogP contribution in [0.1, 0.15) is 16.7 Å². The van der Waals surface area contributed by atoms with E-state index in [0.29, 0.717) is 32.3 Å². The van der Waals surface area contributed by atoms with Crippen molar-refractivity contribution in [3.8, 4) is 5.75 Å². The van der Waals surface area contributed by atoms with Crippen LogP contribution in [-0.4, -0.2) is 25.0 Å². The molecule has 162 valence electrons. The number of methoxy groups -OCH3 is 1. The molecule has 0 fully saturated rings. The highest BCUT2D eigenvalue weighted by Gasteiger charge is 2.19. The molecule has 1 aromatic heterocycles. The van der Waals surface area contributed by atoms with Gasteiger partial charge in [-0.05, 0) is 42.7 Å². The maximum Gasteiger partial charge on any atom is 0.340 e. The van der Waals surface area contributed by atoms with Gasteiger partial charge in [0, 0.05) is 16.5 Å². The van der Waals surface area contributed by atoms with Crippen LogP contribution in [0.5, 0.6) is 5.75 Å². The molecule has 0 aliphatic carbocycles. The Morgan fingerprint density at radius 2 is 1.87 bits per heavy atom. The van der Waals surface area contributed by atoms with E-state index in [2.05, 4.69) is 5.32 Å². The number of carbonyl (C=O) groups is 2. The van der Waals surface area contributed by atoms with Crippen molar-refractivity contribution in [2.45, 2.75) is 25.8 Å². The number of hydrogen-bond acceptors (Lipinski definition) is 6. The summed E-state index contributed by atoms with van der Waals surface area (Å²) in [6, 6.07) is 8.35. The van der Waals surface area contributed by atoms with Gasteiger partial charge in [-0.25, -0.2) is 4.79 Å². The molecule has 0 saturated heterocycles. The summed E-state index contributed by atoms with van der Waals surface area (Å²) in [6.45, 7) is 1.66. The molecule has 3 rings (SSSR count). The van der Waals surface area contributed by atoms with Gasteiger partial charge in [-0.15, -0.1) is 0 Å². The Balaban J connectivity index is 1.83. The largest absolute Gasteiger partial charge is 0.548 e. The number of ether oxygens (including phenoxy) is 1. The van der Waals surface area contributed by atoms with Crippen LogP contribution in [0, 0.1) is 6.92 Å². The number of rotatable bonds is 7. The molecule has 0 radical (unpaired) electrons. The van der Waals surface area contributed by atoms with E-state index in [1.165, 1.54) is 13.2 Å². The number of amides is 1. The van der Waals surface area contributed by atoms with Crippen molar-refractivity contribution >= 4 is 46.0 Å². The van der Waals surface area contributed by atoms with Crippen molar-refractivity contribution in [1.82, 2.24) is 5.32 Å². The normalized spacial score (nSPS) is 11.9. The van der Waals surface area contributed by atoms with Gasteiger partial charge in [-0.2, -0.15) is 0 Å². The number of aliphatic carboxylic acids is 1. The fourth-order valence-corrected chi connectivity index (χ4v) is 3.57. The van der Waals surface area contributed by atoms with Crippen LogP contribution in [0.3, 0.4) is 0 Å². The Morgan fingerprint density at radius 3 is 2.48 bits per heavy atom. The number of hydrogen-bond donors (Lipinski definition) is 1. The van der Waals surface area contributed by atoms with Crippen LogP contribution in [-0.2, 0) is 22.4 Å². The summed E-state index contributed by atoms with van der Waals surface area (Å²) in [5, 5.41) is 15.3. The van der Waals surface area contributed by atoms with Crippen LogP contribution in [0.4, 0.5) is 0 Å². The molecule has 0 unspecified atom stereocenters. The first-order valence-corrected chi connectivity index (χ1v) is 9.99. The van der Waals surface area contributed by atoms with Gasteiger partial charge < -0.3 is 24.4 Å². The number of aryl methyl sites for hydroxylation is 1. The van der Waals surface area contributed by atoms with Crippen molar-refractivity contribution in [2.24, 2.45) is 0 Å². The van der Waals surface area contributed by atoms with E-state index in [9.17, 15) is 19.5 Å². The Morgan fingerprint density at radius 1 is 1.19 bits per heavy atom. The van der Waals surface area contributed by atoms with Crippen molar-refractivity contribution in [3.63, 3.8) is 0 Å². The van der Waals surface area contributed by atoms with Crippen LogP contribution in [0.15, 0.2) is 45.6 Å². The van der Waals surface area contributed by atoms with E-state index >= 15 is 0 Å². The minimum absolute atomic E-state index is 0.00591. The first-order chi connectivity index (χ1) is 14.7. The second-order valence-electron chi connectivity index (χ2n) is 6.92. The predicted octanol–water partition coefficient (Wildman–Crippen LogP) is 2.44. The fourth-order valence-electron chi connectivity index (χ4n) is 3.21. The molecule has 2 aromatic carbocycles. The minimum atomic E-state index is -1.44. The van der Waals surface area contributed by atoms with Gasteiger partial charge in [0.15, 0.2) is 0 Å². The predicted molar refractivity (Wildman–Crippen MR) is 115 cm³/mol. The van der Waals surface area contributed by atoms with E-state index in [4.69, 9.17) is 32.4 Å². The van der Waals surface area contributed by atoms with E-state index < -0.39 is 23.5 Å². The van der Waals surface area contributed by atoms with Crippen molar-refractivity contribution in [1.29, 1.82) is 0 Å². The van der Waals surface area contributed by atoms with E-state index in [0.717, 1.165) is 0 Å². The van der Waals surface area contributed by atoms with Crippen LogP contribution < -0.4 is 20.8 Å². The van der Waals surface area contributed by atoms with Gasteiger partial charge in [-0.1, -0.05) is 35.3 Å². The fraction of sp³-hybridized carbons (Fsp3) is 0.227. The highest BCUT2D eigenvalue weighted by Crippen LogP contribution is 2.31. The monoisotopic (exact) mass is 462 g/mol. The van der Waals surface area contributed by atoms with Crippen LogP contribution >= 0.6 is 23.2 Å². The summed E-state index contributed by atoms with van der Waals surface area (Å²) in [6.07, 6.45) is -0.357. The lowest BCUT2D eigenvalue weighted by atomic mass is 10.0. The van der Waals surface area contributed by atoms with Crippen LogP contribution in [0.2, 0.25) is 10.0 Å².